The molecule has 1 fully saturated rings. The molecular formula is C16H22N4O. The van der Waals surface area contributed by atoms with Crippen LogP contribution in [0.25, 0.3) is 0 Å². The highest BCUT2D eigenvalue weighted by Gasteiger charge is 2.24. The number of hydrogen-bond donors (Lipinski definition) is 2. The van der Waals surface area contributed by atoms with Crippen molar-refractivity contribution in [2.75, 3.05) is 31.6 Å². The van der Waals surface area contributed by atoms with E-state index < -0.39 is 0 Å². The van der Waals surface area contributed by atoms with Gasteiger partial charge in [0, 0.05) is 32.0 Å². The van der Waals surface area contributed by atoms with Crippen LogP contribution in [0.1, 0.15) is 12.2 Å². The molecule has 0 saturated carbocycles. The maximum atomic E-state index is 5.45. The van der Waals surface area contributed by atoms with Gasteiger partial charge in [0.1, 0.15) is 11.6 Å². The van der Waals surface area contributed by atoms with Crippen LogP contribution in [0.5, 0.6) is 5.75 Å². The van der Waals surface area contributed by atoms with Crippen LogP contribution in [0.2, 0.25) is 0 Å². The molecule has 21 heavy (non-hydrogen) atoms. The molecule has 1 atom stereocenters. The summed E-state index contributed by atoms with van der Waals surface area (Å²) >= 11 is 0. The normalized spacial score (nSPS) is 18.1. The molecule has 1 aromatic heterocycles. The van der Waals surface area contributed by atoms with Gasteiger partial charge in [0.2, 0.25) is 0 Å². The Balaban J connectivity index is 1.51. The van der Waals surface area contributed by atoms with Gasteiger partial charge >= 0.3 is 0 Å². The van der Waals surface area contributed by atoms with E-state index in [4.69, 9.17) is 4.74 Å². The van der Waals surface area contributed by atoms with Gasteiger partial charge in [-0.05, 0) is 24.5 Å². The van der Waals surface area contributed by atoms with E-state index in [-0.39, 0.29) is 0 Å². The van der Waals surface area contributed by atoms with Gasteiger partial charge in [-0.1, -0.05) is 12.1 Å². The van der Waals surface area contributed by atoms with Crippen molar-refractivity contribution in [3.63, 3.8) is 0 Å². The topological polar surface area (TPSA) is 53.2 Å². The van der Waals surface area contributed by atoms with E-state index in [1.54, 1.807) is 13.3 Å². The molecule has 5 heteroatoms. The summed E-state index contributed by atoms with van der Waals surface area (Å²) in [6, 6.07) is 8.25. The van der Waals surface area contributed by atoms with E-state index in [0.717, 1.165) is 37.8 Å². The van der Waals surface area contributed by atoms with E-state index in [2.05, 4.69) is 32.3 Å². The van der Waals surface area contributed by atoms with E-state index in [1.165, 1.54) is 12.1 Å². The second-order valence-electron chi connectivity index (χ2n) is 5.44. The Morgan fingerprint density at radius 1 is 1.43 bits per heavy atom. The fourth-order valence-corrected chi connectivity index (χ4v) is 2.90. The van der Waals surface area contributed by atoms with Crippen LogP contribution in [0.4, 0.5) is 5.69 Å². The van der Waals surface area contributed by atoms with Gasteiger partial charge in [-0.15, -0.1) is 0 Å². The molecule has 5 nitrogen and oxygen atoms in total. The van der Waals surface area contributed by atoms with Crippen molar-refractivity contribution in [3.05, 3.63) is 42.5 Å². The number of anilines is 1. The predicted octanol–water partition coefficient (Wildman–Crippen LogP) is 2.03. The molecule has 0 aliphatic carbocycles. The largest absolute Gasteiger partial charge is 0.495 e. The summed E-state index contributed by atoms with van der Waals surface area (Å²) in [6.07, 6.45) is 4.86. The second kappa shape index (κ2) is 6.63. The fraction of sp³-hybridized carbons (Fsp3) is 0.438. The smallest absolute Gasteiger partial charge is 0.142 e. The standard InChI is InChI=1S/C16H22N4O/c1-21-15-5-3-2-4-14(15)20-9-6-13(12-20)10-17-11-16-18-7-8-19-16/h2-5,7-8,13,17H,6,9-12H2,1H3,(H,18,19)/t13-/m0/s1. The zero-order chi connectivity index (χ0) is 14.5. The Morgan fingerprint density at radius 3 is 3.14 bits per heavy atom. The van der Waals surface area contributed by atoms with Crippen molar-refractivity contribution >= 4 is 5.69 Å². The summed E-state index contributed by atoms with van der Waals surface area (Å²) in [7, 11) is 1.73. The van der Waals surface area contributed by atoms with Gasteiger partial charge in [0.05, 0.1) is 19.3 Å². The first kappa shape index (κ1) is 13.9. The molecule has 1 aliphatic rings. The van der Waals surface area contributed by atoms with Crippen molar-refractivity contribution < 1.29 is 4.74 Å². The number of nitrogens with zero attached hydrogens (tertiary/aromatic N) is 2. The first-order valence-corrected chi connectivity index (χ1v) is 7.44. The molecule has 2 N–H and O–H groups in total. The van der Waals surface area contributed by atoms with Crippen LogP contribution in [0.15, 0.2) is 36.7 Å². The van der Waals surface area contributed by atoms with Crippen molar-refractivity contribution in [3.8, 4) is 5.75 Å². The molecule has 1 aromatic carbocycles. The van der Waals surface area contributed by atoms with Crippen molar-refractivity contribution in [2.24, 2.45) is 5.92 Å². The molecule has 0 bridgehead atoms. The van der Waals surface area contributed by atoms with Crippen molar-refractivity contribution in [2.45, 2.75) is 13.0 Å². The van der Waals surface area contributed by atoms with Crippen molar-refractivity contribution in [1.29, 1.82) is 0 Å². The average molecular weight is 286 g/mol. The molecule has 2 heterocycles. The minimum atomic E-state index is 0.671. The third-order valence-electron chi connectivity index (χ3n) is 3.99. The molecule has 2 aromatic rings. The monoisotopic (exact) mass is 286 g/mol. The highest BCUT2D eigenvalue weighted by atomic mass is 16.5. The Bertz CT molecular complexity index is 555. The van der Waals surface area contributed by atoms with E-state index in [9.17, 15) is 0 Å². The molecule has 0 radical (unpaired) electrons. The number of imidazole rings is 1. The van der Waals surface area contributed by atoms with Gasteiger partial charge in [0.25, 0.3) is 0 Å². The SMILES string of the molecule is COc1ccccc1N1CC[C@@H](CNCc2ncc[nH]2)C1. The summed E-state index contributed by atoms with van der Waals surface area (Å²) < 4.78 is 5.45. The fourth-order valence-electron chi connectivity index (χ4n) is 2.90. The van der Waals surface area contributed by atoms with Gasteiger partial charge in [-0.2, -0.15) is 0 Å². The summed E-state index contributed by atoms with van der Waals surface area (Å²) in [4.78, 5) is 9.75. The summed E-state index contributed by atoms with van der Waals surface area (Å²) in [6.45, 7) is 3.99. The molecule has 0 unspecified atom stereocenters. The van der Waals surface area contributed by atoms with Crippen LogP contribution in [-0.2, 0) is 6.54 Å². The number of rotatable bonds is 6. The highest BCUT2D eigenvalue weighted by molar-refractivity contribution is 5.58. The van der Waals surface area contributed by atoms with Crippen LogP contribution in [-0.4, -0.2) is 36.7 Å². The van der Waals surface area contributed by atoms with Gasteiger partial charge in [-0.3, -0.25) is 0 Å². The zero-order valence-corrected chi connectivity index (χ0v) is 12.4. The Hall–Kier alpha value is -2.01. The lowest BCUT2D eigenvalue weighted by Crippen LogP contribution is -2.26. The number of benzene rings is 1. The molecule has 0 spiro atoms. The Kier molecular flexibility index (Phi) is 4.40. The lowest BCUT2D eigenvalue weighted by Gasteiger charge is -2.21. The van der Waals surface area contributed by atoms with Crippen LogP contribution < -0.4 is 15.0 Å². The maximum Gasteiger partial charge on any atom is 0.142 e. The second-order valence-corrected chi connectivity index (χ2v) is 5.44. The zero-order valence-electron chi connectivity index (χ0n) is 12.4. The van der Waals surface area contributed by atoms with Gasteiger partial charge in [-0.25, -0.2) is 4.98 Å². The molecule has 3 rings (SSSR count). The van der Waals surface area contributed by atoms with Crippen LogP contribution in [0.3, 0.4) is 0 Å². The van der Waals surface area contributed by atoms with Crippen LogP contribution in [0, 0.1) is 5.92 Å². The lowest BCUT2D eigenvalue weighted by molar-refractivity contribution is 0.414. The summed E-state index contributed by atoms with van der Waals surface area (Å²) in [5, 5.41) is 3.48. The lowest BCUT2D eigenvalue weighted by atomic mass is 10.1. The highest BCUT2D eigenvalue weighted by Crippen LogP contribution is 2.31. The molecule has 1 saturated heterocycles. The molecule has 0 amide bonds. The van der Waals surface area contributed by atoms with Crippen molar-refractivity contribution in [1.82, 2.24) is 15.3 Å². The van der Waals surface area contributed by atoms with Crippen LogP contribution >= 0.6 is 0 Å². The molecule has 112 valence electrons. The van der Waals surface area contributed by atoms with E-state index in [0.29, 0.717) is 5.92 Å². The van der Waals surface area contributed by atoms with E-state index in [1.807, 2.05) is 18.3 Å². The Labute approximate surface area is 125 Å². The quantitative estimate of drug-likeness (QED) is 0.853. The number of aromatic nitrogens is 2. The van der Waals surface area contributed by atoms with Gasteiger partial charge in [0.15, 0.2) is 0 Å². The number of aromatic amines is 1. The number of para-hydroxylation sites is 2. The number of hydrogen-bond acceptors (Lipinski definition) is 4. The predicted molar refractivity (Wildman–Crippen MR) is 83.6 cm³/mol. The van der Waals surface area contributed by atoms with E-state index >= 15 is 0 Å². The first-order chi connectivity index (χ1) is 10.4. The summed E-state index contributed by atoms with van der Waals surface area (Å²) in [5.74, 6) is 2.63. The minimum absolute atomic E-state index is 0.671. The number of ether oxygens (including phenoxy) is 1. The minimum Gasteiger partial charge on any atom is -0.495 e. The number of H-pyrrole nitrogens is 1. The number of methoxy groups -OCH3 is 1. The third-order valence-corrected chi connectivity index (χ3v) is 3.99. The third kappa shape index (κ3) is 3.36. The first-order valence-electron chi connectivity index (χ1n) is 7.44. The van der Waals surface area contributed by atoms with Gasteiger partial charge < -0.3 is 19.9 Å². The Morgan fingerprint density at radius 2 is 2.33 bits per heavy atom. The average Bonchev–Trinajstić information content (AvgIpc) is 3.19. The number of nitrogens with one attached hydrogen (secondary N) is 2. The molecular weight excluding hydrogens is 264 g/mol. The summed E-state index contributed by atoms with van der Waals surface area (Å²) in [5.41, 5.74) is 1.20. The molecule has 1 aliphatic heterocycles. The maximum absolute atomic E-state index is 5.45.